The van der Waals surface area contributed by atoms with Crippen LogP contribution in [-0.4, -0.2) is 29.7 Å². The zero-order chi connectivity index (χ0) is 19.5. The van der Waals surface area contributed by atoms with Crippen LogP contribution in [0, 0.1) is 0 Å². The van der Waals surface area contributed by atoms with E-state index in [1.54, 1.807) is 50.9 Å². The second-order valence-corrected chi connectivity index (χ2v) is 6.18. The molecule has 1 aromatic heterocycles. The van der Waals surface area contributed by atoms with Crippen LogP contribution in [0.2, 0.25) is 0 Å². The summed E-state index contributed by atoms with van der Waals surface area (Å²) < 4.78 is 12.5. The van der Waals surface area contributed by atoms with Gasteiger partial charge in [-0.15, -0.1) is 0 Å². The van der Waals surface area contributed by atoms with Gasteiger partial charge in [-0.05, 0) is 42.5 Å². The van der Waals surface area contributed by atoms with Gasteiger partial charge in [0, 0.05) is 23.0 Å². The average molecular weight is 373 g/mol. The third kappa shape index (κ3) is 3.27. The number of carbonyl (C=O) groups is 1. The van der Waals surface area contributed by atoms with Gasteiger partial charge >= 0.3 is 0 Å². The zero-order valence-electron chi connectivity index (χ0n) is 15.5. The van der Waals surface area contributed by atoms with Gasteiger partial charge in [-0.3, -0.25) is 9.36 Å². The summed E-state index contributed by atoms with van der Waals surface area (Å²) in [5.74, 6) is 0.939. The van der Waals surface area contributed by atoms with E-state index in [4.69, 9.17) is 9.47 Å². The van der Waals surface area contributed by atoms with Gasteiger partial charge in [-0.25, -0.2) is 4.98 Å². The van der Waals surface area contributed by atoms with E-state index in [-0.39, 0.29) is 5.91 Å². The van der Waals surface area contributed by atoms with E-state index in [1.807, 2.05) is 41.0 Å². The first-order chi connectivity index (χ1) is 13.7. The predicted octanol–water partition coefficient (Wildman–Crippen LogP) is 4.30. The quantitative estimate of drug-likeness (QED) is 0.567. The van der Waals surface area contributed by atoms with Gasteiger partial charge in [0.25, 0.3) is 5.91 Å². The van der Waals surface area contributed by atoms with Crippen LogP contribution in [0.1, 0.15) is 10.4 Å². The fourth-order valence-corrected chi connectivity index (χ4v) is 3.07. The number of hydrogen-bond acceptors (Lipinski definition) is 4. The van der Waals surface area contributed by atoms with Crippen molar-refractivity contribution < 1.29 is 14.3 Å². The summed E-state index contributed by atoms with van der Waals surface area (Å²) in [5.41, 5.74) is 3.86. The van der Waals surface area contributed by atoms with Gasteiger partial charge in [0.2, 0.25) is 0 Å². The molecule has 4 rings (SSSR count). The summed E-state index contributed by atoms with van der Waals surface area (Å²) >= 11 is 0. The molecule has 6 heteroatoms. The van der Waals surface area contributed by atoms with Crippen molar-refractivity contribution in [3.05, 3.63) is 78.6 Å². The lowest BCUT2D eigenvalue weighted by Gasteiger charge is -2.11. The molecule has 0 saturated carbocycles. The summed E-state index contributed by atoms with van der Waals surface area (Å²) in [6, 6.07) is 20.7. The Balaban J connectivity index is 1.60. The fraction of sp³-hybridized carbons (Fsp3) is 0.0909. The number of methoxy groups -OCH3 is 2. The third-order valence-electron chi connectivity index (χ3n) is 4.49. The smallest absolute Gasteiger partial charge is 0.255 e. The number of rotatable bonds is 5. The Kier molecular flexibility index (Phi) is 4.68. The van der Waals surface area contributed by atoms with E-state index < -0.39 is 0 Å². The van der Waals surface area contributed by atoms with Gasteiger partial charge in [-0.1, -0.05) is 18.2 Å². The van der Waals surface area contributed by atoms with E-state index in [9.17, 15) is 4.79 Å². The SMILES string of the molecule is COc1ccc(NC(=O)c2ccc3c(c2)ncn3-c2ccccc2)cc1OC. The first-order valence-corrected chi connectivity index (χ1v) is 8.75. The highest BCUT2D eigenvalue weighted by atomic mass is 16.5. The molecular weight excluding hydrogens is 354 g/mol. The molecule has 0 saturated heterocycles. The number of nitrogens with one attached hydrogen (secondary N) is 1. The van der Waals surface area contributed by atoms with Gasteiger partial charge in [0.05, 0.1) is 25.3 Å². The molecule has 0 fully saturated rings. The highest BCUT2D eigenvalue weighted by Crippen LogP contribution is 2.30. The number of nitrogens with zero attached hydrogens (tertiary/aromatic N) is 2. The van der Waals surface area contributed by atoms with Crippen LogP contribution in [0.5, 0.6) is 11.5 Å². The molecule has 0 aliphatic rings. The Labute approximate surface area is 162 Å². The number of ether oxygens (including phenoxy) is 2. The lowest BCUT2D eigenvalue weighted by Crippen LogP contribution is -2.12. The van der Waals surface area contributed by atoms with E-state index in [1.165, 1.54) is 0 Å². The van der Waals surface area contributed by atoms with Crippen LogP contribution >= 0.6 is 0 Å². The Hall–Kier alpha value is -3.80. The molecule has 1 heterocycles. The lowest BCUT2D eigenvalue weighted by molar-refractivity contribution is 0.102. The molecule has 28 heavy (non-hydrogen) atoms. The second kappa shape index (κ2) is 7.44. The van der Waals surface area contributed by atoms with E-state index in [0.717, 1.165) is 16.7 Å². The molecule has 1 amide bonds. The number of benzene rings is 3. The van der Waals surface area contributed by atoms with Crippen molar-refractivity contribution in [2.45, 2.75) is 0 Å². The standard InChI is InChI=1S/C22H19N3O3/c1-27-20-11-9-16(13-21(20)28-2)24-22(26)15-8-10-19-18(12-15)23-14-25(19)17-6-4-3-5-7-17/h3-14H,1-2H3,(H,24,26). The summed E-state index contributed by atoms with van der Waals surface area (Å²) in [6.07, 6.45) is 1.76. The number of imidazole rings is 1. The molecule has 0 aliphatic heterocycles. The maximum atomic E-state index is 12.7. The van der Waals surface area contributed by atoms with Crippen LogP contribution in [0.15, 0.2) is 73.1 Å². The molecule has 4 aromatic rings. The maximum absolute atomic E-state index is 12.7. The zero-order valence-corrected chi connectivity index (χ0v) is 15.5. The van der Waals surface area contributed by atoms with Crippen LogP contribution in [0.25, 0.3) is 16.7 Å². The fourth-order valence-electron chi connectivity index (χ4n) is 3.07. The van der Waals surface area contributed by atoms with Crippen molar-refractivity contribution in [1.29, 1.82) is 0 Å². The van der Waals surface area contributed by atoms with Gasteiger partial charge < -0.3 is 14.8 Å². The summed E-state index contributed by atoms with van der Waals surface area (Å²) in [5, 5.41) is 2.88. The minimum absolute atomic E-state index is 0.219. The highest BCUT2D eigenvalue weighted by molar-refractivity contribution is 6.06. The van der Waals surface area contributed by atoms with E-state index in [0.29, 0.717) is 22.7 Å². The van der Waals surface area contributed by atoms with Crippen molar-refractivity contribution in [2.75, 3.05) is 19.5 Å². The molecule has 0 radical (unpaired) electrons. The molecular formula is C22H19N3O3. The van der Waals surface area contributed by atoms with Crippen LogP contribution in [0.3, 0.4) is 0 Å². The molecule has 6 nitrogen and oxygen atoms in total. The summed E-state index contributed by atoms with van der Waals surface area (Å²) in [7, 11) is 3.13. The van der Waals surface area contributed by atoms with Crippen molar-refractivity contribution in [2.24, 2.45) is 0 Å². The van der Waals surface area contributed by atoms with Crippen LogP contribution < -0.4 is 14.8 Å². The largest absolute Gasteiger partial charge is 0.493 e. The Morgan fingerprint density at radius 3 is 2.46 bits per heavy atom. The number of fused-ring (bicyclic) bond motifs is 1. The van der Waals surface area contributed by atoms with Crippen molar-refractivity contribution >= 4 is 22.6 Å². The second-order valence-electron chi connectivity index (χ2n) is 6.18. The first-order valence-electron chi connectivity index (χ1n) is 8.75. The molecule has 0 spiro atoms. The molecule has 140 valence electrons. The Bertz CT molecular complexity index is 1140. The molecule has 1 N–H and O–H groups in total. The maximum Gasteiger partial charge on any atom is 0.255 e. The number of anilines is 1. The summed E-state index contributed by atoms with van der Waals surface area (Å²) in [6.45, 7) is 0. The summed E-state index contributed by atoms with van der Waals surface area (Å²) in [4.78, 5) is 17.1. The van der Waals surface area contributed by atoms with Gasteiger partial charge in [-0.2, -0.15) is 0 Å². The predicted molar refractivity (Wildman–Crippen MR) is 109 cm³/mol. The van der Waals surface area contributed by atoms with Crippen LogP contribution in [0.4, 0.5) is 5.69 Å². The monoisotopic (exact) mass is 373 g/mol. The third-order valence-corrected chi connectivity index (χ3v) is 4.49. The van der Waals surface area contributed by atoms with Crippen molar-refractivity contribution in [3.63, 3.8) is 0 Å². The Morgan fingerprint density at radius 2 is 1.71 bits per heavy atom. The molecule has 0 atom stereocenters. The minimum Gasteiger partial charge on any atom is -0.493 e. The van der Waals surface area contributed by atoms with Gasteiger partial charge in [0.1, 0.15) is 6.33 Å². The lowest BCUT2D eigenvalue weighted by atomic mass is 10.1. The van der Waals surface area contributed by atoms with Crippen molar-refractivity contribution in [3.8, 4) is 17.2 Å². The average Bonchev–Trinajstić information content (AvgIpc) is 3.17. The first kappa shape index (κ1) is 17.6. The van der Waals surface area contributed by atoms with E-state index >= 15 is 0 Å². The minimum atomic E-state index is -0.219. The Morgan fingerprint density at radius 1 is 0.929 bits per heavy atom. The van der Waals surface area contributed by atoms with Crippen LogP contribution in [-0.2, 0) is 0 Å². The van der Waals surface area contributed by atoms with Gasteiger partial charge in [0.15, 0.2) is 11.5 Å². The van der Waals surface area contributed by atoms with Crippen molar-refractivity contribution in [1.82, 2.24) is 9.55 Å². The normalized spacial score (nSPS) is 10.6. The number of para-hydroxylation sites is 1. The molecule has 3 aromatic carbocycles. The molecule has 0 unspecified atom stereocenters. The number of amides is 1. The number of aromatic nitrogens is 2. The molecule has 0 aliphatic carbocycles. The topological polar surface area (TPSA) is 65.4 Å². The molecule has 0 bridgehead atoms. The number of hydrogen-bond donors (Lipinski definition) is 1. The number of carbonyl (C=O) groups excluding carboxylic acids is 1. The highest BCUT2D eigenvalue weighted by Gasteiger charge is 2.12. The van der Waals surface area contributed by atoms with E-state index in [2.05, 4.69) is 10.3 Å².